The largest absolute Gasteiger partial charge is 0.494 e. The summed E-state index contributed by atoms with van der Waals surface area (Å²) < 4.78 is 5.38. The minimum atomic E-state index is -0.173. The monoisotopic (exact) mass is 332 g/mol. The molecule has 0 atom stereocenters. The molecular formula is C18H21ClN2O2. The number of rotatable bonds is 7. The quantitative estimate of drug-likeness (QED) is 0.810. The summed E-state index contributed by atoms with van der Waals surface area (Å²) in [5.41, 5.74) is 2.17. The Labute approximate surface area is 141 Å². The number of benzene rings is 2. The highest BCUT2D eigenvalue weighted by Gasteiger charge is 2.01. The van der Waals surface area contributed by atoms with Gasteiger partial charge in [0.25, 0.3) is 0 Å². The highest BCUT2D eigenvalue weighted by atomic mass is 35.5. The van der Waals surface area contributed by atoms with Gasteiger partial charge in [-0.25, -0.2) is 4.79 Å². The summed E-state index contributed by atoms with van der Waals surface area (Å²) in [5, 5.41) is 6.39. The fourth-order valence-corrected chi connectivity index (χ4v) is 2.21. The number of hydrogen-bond acceptors (Lipinski definition) is 2. The van der Waals surface area contributed by atoms with Crippen LogP contribution in [0.15, 0.2) is 48.5 Å². The molecule has 122 valence electrons. The summed E-state index contributed by atoms with van der Waals surface area (Å²) in [6.45, 7) is 3.66. The van der Waals surface area contributed by atoms with Gasteiger partial charge in [0.1, 0.15) is 5.75 Å². The van der Waals surface area contributed by atoms with Crippen LogP contribution in [0.5, 0.6) is 5.75 Å². The number of amides is 2. The molecule has 4 nitrogen and oxygen atoms in total. The van der Waals surface area contributed by atoms with Crippen molar-refractivity contribution in [3.05, 3.63) is 64.7 Å². The third-order valence-electron chi connectivity index (χ3n) is 3.30. The topological polar surface area (TPSA) is 50.4 Å². The van der Waals surface area contributed by atoms with E-state index in [0.717, 1.165) is 28.3 Å². The average molecular weight is 333 g/mol. The minimum absolute atomic E-state index is 0.173. The number of urea groups is 1. The van der Waals surface area contributed by atoms with Crippen LogP contribution in [-0.2, 0) is 13.0 Å². The first kappa shape index (κ1) is 17.2. The Hall–Kier alpha value is -2.20. The fraction of sp³-hybridized carbons (Fsp3) is 0.278. The molecule has 0 saturated heterocycles. The van der Waals surface area contributed by atoms with Gasteiger partial charge in [0, 0.05) is 18.1 Å². The first-order valence-corrected chi connectivity index (χ1v) is 8.03. The van der Waals surface area contributed by atoms with Crippen LogP contribution in [0.3, 0.4) is 0 Å². The second-order valence-electron chi connectivity index (χ2n) is 5.06. The Morgan fingerprint density at radius 1 is 1.00 bits per heavy atom. The molecule has 0 saturated carbocycles. The highest BCUT2D eigenvalue weighted by molar-refractivity contribution is 6.30. The lowest BCUT2D eigenvalue weighted by molar-refractivity contribution is 0.240. The number of hydrogen-bond donors (Lipinski definition) is 2. The van der Waals surface area contributed by atoms with Gasteiger partial charge in [0.15, 0.2) is 0 Å². The number of nitrogens with one attached hydrogen (secondary N) is 2. The maximum atomic E-state index is 11.8. The van der Waals surface area contributed by atoms with Crippen LogP contribution in [0, 0.1) is 0 Å². The van der Waals surface area contributed by atoms with Crippen molar-refractivity contribution < 1.29 is 9.53 Å². The van der Waals surface area contributed by atoms with Gasteiger partial charge in [-0.05, 0) is 48.7 Å². The number of halogens is 1. The second-order valence-corrected chi connectivity index (χ2v) is 5.50. The van der Waals surface area contributed by atoms with Crippen molar-refractivity contribution >= 4 is 17.6 Å². The SMILES string of the molecule is CCOc1ccc(CNC(=O)NCCc2ccc(Cl)cc2)cc1. The molecule has 0 aliphatic heterocycles. The van der Waals surface area contributed by atoms with E-state index in [1.165, 1.54) is 0 Å². The van der Waals surface area contributed by atoms with Gasteiger partial charge in [-0.3, -0.25) is 0 Å². The van der Waals surface area contributed by atoms with Gasteiger partial charge in [0.05, 0.1) is 6.61 Å². The molecule has 0 aliphatic carbocycles. The third-order valence-corrected chi connectivity index (χ3v) is 3.55. The van der Waals surface area contributed by atoms with Crippen LogP contribution < -0.4 is 15.4 Å². The Morgan fingerprint density at radius 2 is 1.65 bits per heavy atom. The van der Waals surface area contributed by atoms with Crippen LogP contribution in [0.2, 0.25) is 5.02 Å². The first-order valence-electron chi connectivity index (χ1n) is 7.65. The van der Waals surface area contributed by atoms with Gasteiger partial charge in [-0.15, -0.1) is 0 Å². The summed E-state index contributed by atoms with van der Waals surface area (Å²) in [5.74, 6) is 0.837. The maximum Gasteiger partial charge on any atom is 0.315 e. The molecule has 23 heavy (non-hydrogen) atoms. The Balaban J connectivity index is 1.67. The van der Waals surface area contributed by atoms with Crippen molar-refractivity contribution in [2.45, 2.75) is 19.9 Å². The van der Waals surface area contributed by atoms with Crippen molar-refractivity contribution in [1.29, 1.82) is 0 Å². The predicted molar refractivity (Wildman–Crippen MR) is 93.0 cm³/mol. The summed E-state index contributed by atoms with van der Waals surface area (Å²) in [4.78, 5) is 11.8. The smallest absolute Gasteiger partial charge is 0.315 e. The number of carbonyl (C=O) groups excluding carboxylic acids is 1. The van der Waals surface area contributed by atoms with E-state index in [1.54, 1.807) is 0 Å². The van der Waals surface area contributed by atoms with Crippen molar-refractivity contribution in [2.24, 2.45) is 0 Å². The molecule has 5 heteroatoms. The second kappa shape index (κ2) is 9.06. The Bertz CT molecular complexity index is 612. The minimum Gasteiger partial charge on any atom is -0.494 e. The standard InChI is InChI=1S/C18H21ClN2O2/c1-2-23-17-9-5-15(6-10-17)13-21-18(22)20-12-11-14-3-7-16(19)8-4-14/h3-10H,2,11-13H2,1H3,(H2,20,21,22). The lowest BCUT2D eigenvalue weighted by Gasteiger charge is -2.09. The molecule has 0 fully saturated rings. The zero-order valence-corrected chi connectivity index (χ0v) is 13.9. The zero-order valence-electron chi connectivity index (χ0n) is 13.1. The van der Waals surface area contributed by atoms with Crippen LogP contribution in [0.4, 0.5) is 4.79 Å². The van der Waals surface area contributed by atoms with Gasteiger partial charge in [-0.2, -0.15) is 0 Å². The third kappa shape index (κ3) is 6.20. The van der Waals surface area contributed by atoms with Crippen LogP contribution in [-0.4, -0.2) is 19.2 Å². The van der Waals surface area contributed by atoms with E-state index < -0.39 is 0 Å². The van der Waals surface area contributed by atoms with Crippen molar-refractivity contribution in [3.8, 4) is 5.75 Å². The van der Waals surface area contributed by atoms with Crippen molar-refractivity contribution in [3.63, 3.8) is 0 Å². The van der Waals surface area contributed by atoms with E-state index in [4.69, 9.17) is 16.3 Å². The van der Waals surface area contributed by atoms with E-state index in [2.05, 4.69) is 10.6 Å². The summed E-state index contributed by atoms with van der Waals surface area (Å²) in [7, 11) is 0. The van der Waals surface area contributed by atoms with Crippen LogP contribution >= 0.6 is 11.6 Å². The maximum absolute atomic E-state index is 11.8. The first-order chi connectivity index (χ1) is 11.2. The average Bonchev–Trinajstić information content (AvgIpc) is 2.56. The molecule has 2 aromatic rings. The molecule has 0 unspecified atom stereocenters. The molecule has 2 rings (SSSR count). The van der Waals surface area contributed by atoms with Crippen molar-refractivity contribution in [2.75, 3.05) is 13.2 Å². The molecule has 0 aliphatic rings. The molecule has 0 heterocycles. The molecule has 0 spiro atoms. The molecule has 0 bridgehead atoms. The van der Waals surface area contributed by atoms with E-state index in [-0.39, 0.29) is 6.03 Å². The van der Waals surface area contributed by atoms with Crippen molar-refractivity contribution in [1.82, 2.24) is 10.6 Å². The lowest BCUT2D eigenvalue weighted by Crippen LogP contribution is -2.36. The molecule has 2 amide bonds. The van der Waals surface area contributed by atoms with E-state index in [1.807, 2.05) is 55.5 Å². The zero-order chi connectivity index (χ0) is 16.5. The number of carbonyl (C=O) groups is 1. The number of ether oxygens (including phenoxy) is 1. The predicted octanol–water partition coefficient (Wildman–Crippen LogP) is 3.78. The van der Waals surface area contributed by atoms with E-state index in [0.29, 0.717) is 19.7 Å². The Morgan fingerprint density at radius 3 is 2.30 bits per heavy atom. The van der Waals surface area contributed by atoms with E-state index >= 15 is 0 Å². The molecular weight excluding hydrogens is 312 g/mol. The van der Waals surface area contributed by atoms with Crippen LogP contribution in [0.1, 0.15) is 18.1 Å². The van der Waals surface area contributed by atoms with Gasteiger partial charge in [-0.1, -0.05) is 35.9 Å². The Kier molecular flexibility index (Phi) is 6.76. The summed E-state index contributed by atoms with van der Waals surface area (Å²) >= 11 is 5.84. The van der Waals surface area contributed by atoms with Gasteiger partial charge in [0.2, 0.25) is 0 Å². The summed E-state index contributed by atoms with van der Waals surface area (Å²) in [6.07, 6.45) is 0.771. The molecule has 0 aromatic heterocycles. The van der Waals surface area contributed by atoms with Gasteiger partial charge >= 0.3 is 6.03 Å². The fourth-order valence-electron chi connectivity index (χ4n) is 2.09. The normalized spacial score (nSPS) is 10.2. The molecule has 2 N–H and O–H groups in total. The lowest BCUT2D eigenvalue weighted by atomic mass is 10.1. The van der Waals surface area contributed by atoms with E-state index in [9.17, 15) is 4.79 Å². The summed E-state index contributed by atoms with van der Waals surface area (Å²) in [6, 6.07) is 15.1. The molecule has 0 radical (unpaired) electrons. The molecule has 2 aromatic carbocycles. The van der Waals surface area contributed by atoms with Gasteiger partial charge < -0.3 is 15.4 Å². The van der Waals surface area contributed by atoms with Crippen LogP contribution in [0.25, 0.3) is 0 Å². The highest BCUT2D eigenvalue weighted by Crippen LogP contribution is 2.12.